The summed E-state index contributed by atoms with van der Waals surface area (Å²) in [6.45, 7) is 6.82. The highest BCUT2D eigenvalue weighted by Gasteiger charge is 2.60. The van der Waals surface area contributed by atoms with Gasteiger partial charge in [-0.15, -0.1) is 0 Å². The van der Waals surface area contributed by atoms with Gasteiger partial charge in [-0.05, 0) is 29.5 Å². The van der Waals surface area contributed by atoms with Gasteiger partial charge in [0.05, 0.1) is 25.4 Å². The van der Waals surface area contributed by atoms with Gasteiger partial charge in [0.25, 0.3) is 0 Å². The Morgan fingerprint density at radius 2 is 1.75 bits per heavy atom. The Morgan fingerprint density at radius 1 is 1.09 bits per heavy atom. The molecule has 0 saturated carbocycles. The zero-order valence-electron chi connectivity index (χ0n) is 25.4. The summed E-state index contributed by atoms with van der Waals surface area (Å²) in [5.74, 6) is -2.37. The lowest BCUT2D eigenvalue weighted by Gasteiger charge is -2.45. The summed E-state index contributed by atoms with van der Waals surface area (Å²) in [7, 11) is 0. The summed E-state index contributed by atoms with van der Waals surface area (Å²) in [6, 6.07) is 14.2. The number of para-hydroxylation sites is 1. The number of hydrogen-bond acceptors (Lipinski definition) is 6. The number of benzene rings is 2. The highest BCUT2D eigenvalue weighted by Crippen LogP contribution is 2.45. The first-order valence-electron chi connectivity index (χ1n) is 14.5. The van der Waals surface area contributed by atoms with Crippen molar-refractivity contribution in [2.75, 3.05) is 6.54 Å². The van der Waals surface area contributed by atoms with Gasteiger partial charge in [0, 0.05) is 29.9 Å². The highest BCUT2D eigenvalue weighted by molar-refractivity contribution is 5.97. The molecule has 1 aromatic heterocycles. The number of aliphatic hydroxyl groups excluding tert-OH is 1. The van der Waals surface area contributed by atoms with Crippen molar-refractivity contribution < 1.29 is 34.1 Å². The number of aromatic amines is 1. The molecule has 2 heterocycles. The third-order valence-electron chi connectivity index (χ3n) is 8.35. The number of carboxylic acid groups (broad SMARTS) is 1. The molecule has 0 unspecified atom stereocenters. The molecule has 0 bridgehead atoms. The second-order valence-electron chi connectivity index (χ2n) is 12.3. The number of amides is 4. The first-order chi connectivity index (χ1) is 20.7. The molecule has 12 nitrogen and oxygen atoms in total. The second-order valence-corrected chi connectivity index (χ2v) is 12.3. The molecule has 1 aliphatic rings. The number of fused-ring (bicyclic) bond motifs is 1. The largest absolute Gasteiger partial charge is 0.465 e. The topological polar surface area (TPSA) is 187 Å². The van der Waals surface area contributed by atoms with Gasteiger partial charge in [0.1, 0.15) is 17.6 Å². The van der Waals surface area contributed by atoms with Crippen LogP contribution in [0.3, 0.4) is 0 Å². The lowest BCUT2D eigenvalue weighted by molar-refractivity contribution is -0.141. The van der Waals surface area contributed by atoms with Crippen LogP contribution in [0.5, 0.6) is 0 Å². The van der Waals surface area contributed by atoms with E-state index in [0.717, 1.165) is 21.4 Å². The summed E-state index contributed by atoms with van der Waals surface area (Å²) in [6.07, 6.45) is -1.38. The van der Waals surface area contributed by atoms with Gasteiger partial charge in [-0.3, -0.25) is 19.3 Å². The fourth-order valence-corrected chi connectivity index (χ4v) is 5.96. The van der Waals surface area contributed by atoms with Gasteiger partial charge in [-0.2, -0.15) is 0 Å². The standard InChI is InChI=1S/C32H41N5O7/c1-19(38)26(27(33)39)36-28(40)25(14-21-16-34-24-13-9-8-12-23(21)24)35-29(41)32(31(2,3)4)15-22(17-37(32)30(42)43)44-18-20-10-6-5-7-11-20/h5-13,16,19,22,25-26,34,38H,14-15,17-18H2,1-4H3,(H2,33,39)(H,35,41)(H,36,40)(H,42,43)/t19-,22-,25+,26+,32-/m1/s1. The van der Waals surface area contributed by atoms with Crippen LogP contribution in [0, 0.1) is 5.41 Å². The van der Waals surface area contributed by atoms with Crippen LogP contribution < -0.4 is 16.4 Å². The van der Waals surface area contributed by atoms with E-state index in [2.05, 4.69) is 15.6 Å². The van der Waals surface area contributed by atoms with E-state index in [4.69, 9.17) is 10.5 Å². The molecule has 4 amide bonds. The van der Waals surface area contributed by atoms with Crippen molar-refractivity contribution in [3.8, 4) is 0 Å². The van der Waals surface area contributed by atoms with Gasteiger partial charge in [-0.25, -0.2) is 4.79 Å². The molecule has 4 rings (SSSR count). The van der Waals surface area contributed by atoms with Crippen LogP contribution in [0.1, 0.15) is 45.2 Å². The number of nitrogens with zero attached hydrogens (tertiary/aromatic N) is 1. The summed E-state index contributed by atoms with van der Waals surface area (Å²) in [5, 5.41) is 26.5. The van der Waals surface area contributed by atoms with E-state index in [1.807, 2.05) is 54.6 Å². The van der Waals surface area contributed by atoms with Crippen LogP contribution in [0.25, 0.3) is 10.9 Å². The zero-order valence-corrected chi connectivity index (χ0v) is 25.4. The molecule has 1 fully saturated rings. The summed E-state index contributed by atoms with van der Waals surface area (Å²) >= 11 is 0. The maximum absolute atomic E-state index is 14.4. The van der Waals surface area contributed by atoms with Crippen LogP contribution >= 0.6 is 0 Å². The number of H-pyrrole nitrogens is 1. The van der Waals surface area contributed by atoms with Crippen LogP contribution in [-0.4, -0.2) is 80.3 Å². The molecule has 0 spiro atoms. The van der Waals surface area contributed by atoms with Gasteiger partial charge in [0.2, 0.25) is 17.7 Å². The minimum absolute atomic E-state index is 0.00804. The van der Waals surface area contributed by atoms with E-state index in [0.29, 0.717) is 5.56 Å². The minimum atomic E-state index is -1.60. The van der Waals surface area contributed by atoms with Gasteiger partial charge in [-0.1, -0.05) is 69.3 Å². The minimum Gasteiger partial charge on any atom is -0.465 e. The molecule has 12 heteroatoms. The van der Waals surface area contributed by atoms with E-state index < -0.39 is 59.1 Å². The maximum Gasteiger partial charge on any atom is 0.408 e. The molecule has 3 aromatic rings. The van der Waals surface area contributed by atoms with E-state index in [9.17, 15) is 29.4 Å². The third-order valence-corrected chi connectivity index (χ3v) is 8.35. The van der Waals surface area contributed by atoms with Crippen molar-refractivity contribution in [3.63, 3.8) is 0 Å². The lowest BCUT2D eigenvalue weighted by atomic mass is 9.70. The number of primary amides is 1. The molecular weight excluding hydrogens is 566 g/mol. The number of carbonyl (C=O) groups is 4. The quantitative estimate of drug-likeness (QED) is 0.193. The summed E-state index contributed by atoms with van der Waals surface area (Å²) in [4.78, 5) is 56.9. The number of aliphatic hydroxyl groups is 1. The van der Waals surface area contributed by atoms with Crippen molar-refractivity contribution >= 4 is 34.7 Å². The number of ether oxygens (including phenoxy) is 1. The summed E-state index contributed by atoms with van der Waals surface area (Å²) < 4.78 is 6.11. The monoisotopic (exact) mass is 607 g/mol. The Labute approximate surface area is 255 Å². The van der Waals surface area contributed by atoms with Crippen LogP contribution in [-0.2, 0) is 32.1 Å². The Morgan fingerprint density at radius 3 is 2.36 bits per heavy atom. The molecule has 1 saturated heterocycles. The number of nitrogens with two attached hydrogens (primary N) is 1. The highest BCUT2D eigenvalue weighted by atomic mass is 16.5. The second kappa shape index (κ2) is 13.1. The lowest BCUT2D eigenvalue weighted by Crippen LogP contribution is -2.67. The smallest absolute Gasteiger partial charge is 0.408 e. The average molecular weight is 608 g/mol. The number of nitrogens with one attached hydrogen (secondary N) is 3. The predicted octanol–water partition coefficient (Wildman–Crippen LogP) is 2.30. The van der Waals surface area contributed by atoms with E-state index >= 15 is 0 Å². The van der Waals surface area contributed by atoms with Crippen molar-refractivity contribution in [1.29, 1.82) is 0 Å². The van der Waals surface area contributed by atoms with Crippen LogP contribution in [0.2, 0.25) is 0 Å². The van der Waals surface area contributed by atoms with Crippen molar-refractivity contribution in [1.82, 2.24) is 20.5 Å². The first kappa shape index (κ1) is 32.5. The molecule has 236 valence electrons. The molecule has 7 N–H and O–H groups in total. The zero-order chi connectivity index (χ0) is 32.2. The fraction of sp³-hybridized carbons (Fsp3) is 0.438. The average Bonchev–Trinajstić information content (AvgIpc) is 3.57. The number of likely N-dealkylation sites (tertiary alicyclic amines) is 1. The van der Waals surface area contributed by atoms with Crippen LogP contribution in [0.4, 0.5) is 4.79 Å². The Kier molecular flexibility index (Phi) is 9.65. The Balaban J connectivity index is 1.67. The number of aromatic nitrogens is 1. The summed E-state index contributed by atoms with van der Waals surface area (Å²) in [5.41, 5.74) is 5.34. The van der Waals surface area contributed by atoms with Gasteiger partial charge >= 0.3 is 6.09 Å². The maximum atomic E-state index is 14.4. The van der Waals surface area contributed by atoms with Crippen LogP contribution in [0.15, 0.2) is 60.8 Å². The molecule has 5 atom stereocenters. The van der Waals surface area contributed by atoms with Gasteiger partial charge < -0.3 is 36.3 Å². The molecular formula is C32H41N5O7. The SMILES string of the molecule is C[C@@H](O)[C@H](NC(=O)[C@H](Cc1c[nH]c2ccccc12)NC(=O)[C@@]1(C(C)(C)C)C[C@@H](OCc2ccccc2)CN1C(=O)O)C(N)=O. The molecule has 44 heavy (non-hydrogen) atoms. The molecule has 0 aliphatic carbocycles. The molecule has 1 aliphatic heterocycles. The normalized spacial score (nSPS) is 20.6. The van der Waals surface area contributed by atoms with Gasteiger partial charge in [0.15, 0.2) is 0 Å². The van der Waals surface area contributed by atoms with E-state index in [1.165, 1.54) is 6.92 Å². The molecule has 0 radical (unpaired) electrons. The predicted molar refractivity (Wildman–Crippen MR) is 163 cm³/mol. The van der Waals surface area contributed by atoms with E-state index in [-0.39, 0.29) is 26.0 Å². The van der Waals surface area contributed by atoms with Crippen molar-refractivity contribution in [2.24, 2.45) is 11.1 Å². The van der Waals surface area contributed by atoms with Crippen molar-refractivity contribution in [2.45, 2.75) is 77.0 Å². The number of hydrogen-bond donors (Lipinski definition) is 6. The Bertz CT molecular complexity index is 1500. The number of rotatable bonds is 11. The number of carbonyl (C=O) groups excluding carboxylic acids is 3. The van der Waals surface area contributed by atoms with E-state index in [1.54, 1.807) is 27.0 Å². The Hall–Kier alpha value is -4.42. The first-order valence-corrected chi connectivity index (χ1v) is 14.5. The van der Waals surface area contributed by atoms with Crippen molar-refractivity contribution in [3.05, 3.63) is 71.9 Å². The molecule has 2 aromatic carbocycles. The fourth-order valence-electron chi connectivity index (χ4n) is 5.96. The third kappa shape index (κ3) is 6.71.